The zero-order chi connectivity index (χ0) is 13.9. The fourth-order valence-corrected chi connectivity index (χ4v) is 2.51. The molecular formula is C14H19NO4. The van der Waals surface area contributed by atoms with E-state index in [1.165, 1.54) is 0 Å². The summed E-state index contributed by atoms with van der Waals surface area (Å²) in [5.74, 6) is -1.04. The SMILES string of the molecule is C[C@@H]1CN[C@@](CO)(C(=O)O)[C@@H]1OCc1ccccc1. The largest absolute Gasteiger partial charge is 0.480 e. The molecular weight excluding hydrogens is 246 g/mol. The average Bonchev–Trinajstić information content (AvgIpc) is 2.75. The molecule has 0 aliphatic carbocycles. The number of carbonyl (C=O) groups is 1. The van der Waals surface area contributed by atoms with Crippen molar-refractivity contribution in [3.8, 4) is 0 Å². The van der Waals surface area contributed by atoms with Crippen LogP contribution in [0, 0.1) is 5.92 Å². The normalized spacial score (nSPS) is 30.4. The molecule has 104 valence electrons. The van der Waals surface area contributed by atoms with Crippen LogP contribution in [0.4, 0.5) is 0 Å². The monoisotopic (exact) mass is 265 g/mol. The lowest BCUT2D eigenvalue weighted by atomic mass is 9.90. The van der Waals surface area contributed by atoms with E-state index in [1.54, 1.807) is 0 Å². The highest BCUT2D eigenvalue weighted by Gasteiger charge is 2.53. The van der Waals surface area contributed by atoms with E-state index in [2.05, 4.69) is 5.32 Å². The number of hydrogen-bond donors (Lipinski definition) is 3. The van der Waals surface area contributed by atoms with Crippen LogP contribution in [-0.2, 0) is 16.1 Å². The van der Waals surface area contributed by atoms with Crippen molar-refractivity contribution in [1.82, 2.24) is 5.32 Å². The van der Waals surface area contributed by atoms with Crippen molar-refractivity contribution in [2.24, 2.45) is 5.92 Å². The molecule has 0 radical (unpaired) electrons. The summed E-state index contributed by atoms with van der Waals surface area (Å²) in [6, 6.07) is 9.58. The quantitative estimate of drug-likeness (QED) is 0.727. The van der Waals surface area contributed by atoms with Crippen LogP contribution in [0.1, 0.15) is 12.5 Å². The smallest absolute Gasteiger partial charge is 0.329 e. The van der Waals surface area contributed by atoms with E-state index >= 15 is 0 Å². The summed E-state index contributed by atoms with van der Waals surface area (Å²) < 4.78 is 5.77. The highest BCUT2D eigenvalue weighted by atomic mass is 16.5. The number of carboxylic acids is 1. The lowest BCUT2D eigenvalue weighted by molar-refractivity contribution is -0.154. The van der Waals surface area contributed by atoms with Gasteiger partial charge in [-0.25, -0.2) is 0 Å². The van der Waals surface area contributed by atoms with Crippen LogP contribution in [0.15, 0.2) is 30.3 Å². The first-order valence-electron chi connectivity index (χ1n) is 6.35. The summed E-state index contributed by atoms with van der Waals surface area (Å²) in [5.41, 5.74) is -0.410. The maximum Gasteiger partial charge on any atom is 0.329 e. The van der Waals surface area contributed by atoms with E-state index in [4.69, 9.17) is 4.74 Å². The van der Waals surface area contributed by atoms with Crippen molar-refractivity contribution < 1.29 is 19.7 Å². The topological polar surface area (TPSA) is 78.8 Å². The molecule has 0 bridgehead atoms. The van der Waals surface area contributed by atoms with Gasteiger partial charge in [-0.1, -0.05) is 37.3 Å². The number of aliphatic carboxylic acids is 1. The van der Waals surface area contributed by atoms with Gasteiger partial charge < -0.3 is 14.9 Å². The minimum Gasteiger partial charge on any atom is -0.480 e. The summed E-state index contributed by atoms with van der Waals surface area (Å²) >= 11 is 0. The predicted molar refractivity (Wildman–Crippen MR) is 69.6 cm³/mol. The highest BCUT2D eigenvalue weighted by Crippen LogP contribution is 2.28. The Balaban J connectivity index is 2.10. The van der Waals surface area contributed by atoms with Crippen molar-refractivity contribution >= 4 is 5.97 Å². The third-order valence-corrected chi connectivity index (χ3v) is 3.65. The summed E-state index contributed by atoms with van der Waals surface area (Å²) in [6.07, 6.45) is -0.546. The van der Waals surface area contributed by atoms with Crippen LogP contribution in [0.3, 0.4) is 0 Å². The van der Waals surface area contributed by atoms with Gasteiger partial charge in [0.05, 0.1) is 19.3 Å². The molecule has 1 aliphatic heterocycles. The molecule has 0 spiro atoms. The molecule has 1 aliphatic rings. The maximum absolute atomic E-state index is 11.4. The molecule has 3 atom stereocenters. The van der Waals surface area contributed by atoms with Crippen molar-refractivity contribution in [3.05, 3.63) is 35.9 Å². The summed E-state index contributed by atoms with van der Waals surface area (Å²) in [5, 5.41) is 21.7. The Morgan fingerprint density at radius 2 is 2.16 bits per heavy atom. The highest BCUT2D eigenvalue weighted by molar-refractivity contribution is 5.80. The van der Waals surface area contributed by atoms with Gasteiger partial charge in [-0.3, -0.25) is 10.1 Å². The Bertz CT molecular complexity index is 436. The molecule has 1 heterocycles. The number of rotatable bonds is 5. The number of carboxylic acid groups (broad SMARTS) is 1. The first kappa shape index (κ1) is 14.0. The second-order valence-corrected chi connectivity index (χ2v) is 5.01. The number of benzene rings is 1. The molecule has 19 heavy (non-hydrogen) atoms. The molecule has 0 unspecified atom stereocenters. The summed E-state index contributed by atoms with van der Waals surface area (Å²) in [4.78, 5) is 11.4. The van der Waals surface area contributed by atoms with Crippen molar-refractivity contribution in [2.75, 3.05) is 13.2 Å². The van der Waals surface area contributed by atoms with E-state index in [9.17, 15) is 15.0 Å². The number of hydrogen-bond acceptors (Lipinski definition) is 4. The fourth-order valence-electron chi connectivity index (χ4n) is 2.51. The van der Waals surface area contributed by atoms with E-state index in [1.807, 2.05) is 37.3 Å². The minimum atomic E-state index is -1.39. The lowest BCUT2D eigenvalue weighted by Gasteiger charge is -2.30. The van der Waals surface area contributed by atoms with Crippen LogP contribution < -0.4 is 5.32 Å². The first-order valence-corrected chi connectivity index (χ1v) is 6.35. The molecule has 1 saturated heterocycles. The van der Waals surface area contributed by atoms with Crippen LogP contribution >= 0.6 is 0 Å². The van der Waals surface area contributed by atoms with Crippen LogP contribution in [0.2, 0.25) is 0 Å². The number of ether oxygens (including phenoxy) is 1. The Hall–Kier alpha value is -1.43. The Labute approximate surface area is 112 Å². The molecule has 2 rings (SSSR count). The van der Waals surface area contributed by atoms with E-state index < -0.39 is 24.2 Å². The number of aliphatic hydroxyl groups is 1. The van der Waals surface area contributed by atoms with Crippen molar-refractivity contribution in [1.29, 1.82) is 0 Å². The van der Waals surface area contributed by atoms with Gasteiger partial charge in [0, 0.05) is 6.54 Å². The zero-order valence-electron chi connectivity index (χ0n) is 10.9. The molecule has 1 aromatic rings. The van der Waals surface area contributed by atoms with Gasteiger partial charge >= 0.3 is 5.97 Å². The second kappa shape index (κ2) is 5.69. The van der Waals surface area contributed by atoms with Crippen LogP contribution in [0.5, 0.6) is 0 Å². The van der Waals surface area contributed by atoms with Gasteiger partial charge in [0.25, 0.3) is 0 Å². The lowest BCUT2D eigenvalue weighted by Crippen LogP contribution is -2.58. The van der Waals surface area contributed by atoms with E-state index in [-0.39, 0.29) is 5.92 Å². The van der Waals surface area contributed by atoms with E-state index in [0.717, 1.165) is 5.56 Å². The van der Waals surface area contributed by atoms with Gasteiger partial charge in [-0.05, 0) is 11.5 Å². The molecule has 5 heteroatoms. The Morgan fingerprint density at radius 1 is 1.47 bits per heavy atom. The van der Waals surface area contributed by atoms with Crippen molar-refractivity contribution in [2.45, 2.75) is 25.2 Å². The molecule has 1 fully saturated rings. The fraction of sp³-hybridized carbons (Fsp3) is 0.500. The molecule has 5 nitrogen and oxygen atoms in total. The summed E-state index contributed by atoms with van der Waals surface area (Å²) in [6.45, 7) is 2.30. The molecule has 0 aromatic heterocycles. The number of nitrogens with one attached hydrogen (secondary N) is 1. The second-order valence-electron chi connectivity index (χ2n) is 5.01. The van der Waals surface area contributed by atoms with E-state index in [0.29, 0.717) is 13.2 Å². The van der Waals surface area contributed by atoms with Gasteiger partial charge in [0.1, 0.15) is 0 Å². The molecule has 1 aromatic carbocycles. The minimum absolute atomic E-state index is 0.0342. The standard InChI is InChI=1S/C14H19NO4/c1-10-7-15-14(9-16,13(17)18)12(10)19-8-11-5-3-2-4-6-11/h2-6,10,12,15-16H,7-9H2,1H3,(H,17,18)/t10-,12-,14-/m1/s1. The van der Waals surface area contributed by atoms with Crippen molar-refractivity contribution in [3.63, 3.8) is 0 Å². The van der Waals surface area contributed by atoms with Crippen LogP contribution in [-0.4, -0.2) is 41.0 Å². The molecule has 0 amide bonds. The first-order chi connectivity index (χ1) is 9.10. The summed E-state index contributed by atoms with van der Waals surface area (Å²) in [7, 11) is 0. The average molecular weight is 265 g/mol. The Kier molecular flexibility index (Phi) is 4.19. The molecule has 0 saturated carbocycles. The maximum atomic E-state index is 11.4. The third-order valence-electron chi connectivity index (χ3n) is 3.65. The molecule has 3 N–H and O–H groups in total. The van der Waals surface area contributed by atoms with Gasteiger partial charge in [-0.2, -0.15) is 0 Å². The zero-order valence-corrected chi connectivity index (χ0v) is 10.9. The van der Waals surface area contributed by atoms with Crippen LogP contribution in [0.25, 0.3) is 0 Å². The third kappa shape index (κ3) is 2.63. The number of aliphatic hydroxyl groups excluding tert-OH is 1. The van der Waals surface area contributed by atoms with Gasteiger partial charge in [0.15, 0.2) is 5.54 Å². The predicted octanol–water partition coefficient (Wildman–Crippen LogP) is 0.627. The van der Waals surface area contributed by atoms with Gasteiger partial charge in [-0.15, -0.1) is 0 Å². The van der Waals surface area contributed by atoms with Gasteiger partial charge in [0.2, 0.25) is 0 Å². The Morgan fingerprint density at radius 3 is 2.74 bits per heavy atom.